The van der Waals surface area contributed by atoms with E-state index in [9.17, 15) is 0 Å². The highest BCUT2D eigenvalue weighted by Gasteiger charge is 2.40. The Bertz CT molecular complexity index is 230. The summed E-state index contributed by atoms with van der Waals surface area (Å²) >= 11 is 12.1. The molecule has 0 radical (unpaired) electrons. The van der Waals surface area contributed by atoms with E-state index in [0.717, 1.165) is 0 Å². The summed E-state index contributed by atoms with van der Waals surface area (Å²) in [5, 5.41) is 0. The van der Waals surface area contributed by atoms with Crippen molar-refractivity contribution < 1.29 is 12.3 Å². The Morgan fingerprint density at radius 3 is 1.62 bits per heavy atom. The number of rotatable bonds is 6. The summed E-state index contributed by atoms with van der Waals surface area (Å²) in [7, 11) is -8.04. The second kappa shape index (κ2) is 5.98. The topological polar surface area (TPSA) is 27.7 Å². The molecule has 0 spiro atoms. The predicted octanol–water partition coefficient (Wildman–Crippen LogP) is 3.47. The Labute approximate surface area is 113 Å². The van der Waals surface area contributed by atoms with Crippen LogP contribution in [0.1, 0.15) is 0 Å². The number of hydrogen-bond donors (Lipinski definition) is 0. The van der Waals surface area contributed by atoms with E-state index in [1.807, 2.05) is 45.8 Å². The van der Waals surface area contributed by atoms with Gasteiger partial charge in [0, 0.05) is 0 Å². The van der Waals surface area contributed by atoms with Crippen molar-refractivity contribution in [3.8, 4) is 0 Å². The summed E-state index contributed by atoms with van der Waals surface area (Å²) in [5.74, 6) is 0. The maximum atomic E-state index is 6.18. The molecule has 0 aliphatic carbocycles. The number of halogens is 2. The van der Waals surface area contributed by atoms with Gasteiger partial charge in [-0.15, -0.1) is 22.2 Å². The van der Waals surface area contributed by atoms with Crippen molar-refractivity contribution in [3.63, 3.8) is 0 Å². The first kappa shape index (κ1) is 17.3. The van der Waals surface area contributed by atoms with Gasteiger partial charge in [0.1, 0.15) is 0 Å². The van der Waals surface area contributed by atoms with Gasteiger partial charge in [0.15, 0.2) is 0 Å². The molecule has 0 aliphatic heterocycles. The molecule has 16 heavy (non-hydrogen) atoms. The van der Waals surface area contributed by atoms with Gasteiger partial charge < -0.3 is 12.3 Å². The minimum atomic E-state index is -2.21. The molecule has 0 heterocycles. The molecule has 0 saturated carbocycles. The highest BCUT2D eigenvalue weighted by atomic mass is 35.6. The Kier molecular flexibility index (Phi) is 6.48. The van der Waals surface area contributed by atoms with Crippen LogP contribution in [0.3, 0.4) is 0 Å². The van der Waals surface area contributed by atoms with Crippen molar-refractivity contribution in [2.45, 2.75) is 45.8 Å². The third-order valence-corrected chi connectivity index (χ3v) is 14.3. The monoisotopic (exact) mass is 336 g/mol. The van der Waals surface area contributed by atoms with Gasteiger partial charge in [0.25, 0.3) is 16.0 Å². The molecule has 0 saturated heterocycles. The molecule has 1 atom stereocenters. The van der Waals surface area contributed by atoms with Crippen molar-refractivity contribution in [2.75, 3.05) is 0 Å². The van der Waals surface area contributed by atoms with E-state index in [0.29, 0.717) is 0 Å². The molecule has 3 nitrogen and oxygen atoms in total. The fourth-order valence-electron chi connectivity index (χ4n) is 1.61. The van der Waals surface area contributed by atoms with Gasteiger partial charge in [-0.2, -0.15) is 0 Å². The van der Waals surface area contributed by atoms with Crippen molar-refractivity contribution in [2.24, 2.45) is 0 Å². The lowest BCUT2D eigenvalue weighted by Crippen LogP contribution is -2.53. The molecule has 0 aromatic carbocycles. The van der Waals surface area contributed by atoms with Crippen LogP contribution in [-0.2, 0) is 12.3 Å². The van der Waals surface area contributed by atoms with Gasteiger partial charge >= 0.3 is 17.1 Å². The van der Waals surface area contributed by atoms with Crippen LogP contribution in [0.2, 0.25) is 45.8 Å². The van der Waals surface area contributed by atoms with E-state index in [1.54, 1.807) is 0 Å². The zero-order chi connectivity index (χ0) is 13.2. The second-order valence-electron chi connectivity index (χ2n) is 5.03. The molecule has 1 unspecified atom stereocenters. The van der Waals surface area contributed by atoms with Crippen molar-refractivity contribution in [1.82, 2.24) is 0 Å². The number of hydrogen-bond acceptors (Lipinski definition) is 3. The van der Waals surface area contributed by atoms with Crippen molar-refractivity contribution in [1.29, 1.82) is 0 Å². The molecule has 9 heteroatoms. The van der Waals surface area contributed by atoms with E-state index in [4.69, 9.17) is 34.5 Å². The molecule has 0 bridgehead atoms. The van der Waals surface area contributed by atoms with E-state index in [2.05, 4.69) is 0 Å². The SMILES string of the molecule is C[SiH](Cl)O[Si](C)(C)O[Si](C)(C)O[Si](C)(C)Cl. The van der Waals surface area contributed by atoms with E-state index in [-0.39, 0.29) is 0 Å². The summed E-state index contributed by atoms with van der Waals surface area (Å²) < 4.78 is 17.7. The largest absolute Gasteiger partial charge is 0.427 e. The maximum Gasteiger partial charge on any atom is 0.313 e. The smallest absolute Gasteiger partial charge is 0.313 e. The minimum absolute atomic E-state index is 1.58. The fourth-order valence-corrected chi connectivity index (χ4v) is 18.9. The summed E-state index contributed by atoms with van der Waals surface area (Å²) in [6.07, 6.45) is 0. The molecule has 0 aliphatic rings. The first-order valence-corrected chi connectivity index (χ1v) is 18.2. The molecule has 0 rings (SSSR count). The molecule has 0 N–H and O–H groups in total. The summed E-state index contributed by atoms with van der Waals surface area (Å²) in [6.45, 7) is 13.8. The molecule has 0 aromatic heterocycles. The molecular formula is C7H22Cl2O3Si4. The average Bonchev–Trinajstić information content (AvgIpc) is 1.69. The predicted molar refractivity (Wildman–Crippen MR) is 80.4 cm³/mol. The van der Waals surface area contributed by atoms with Gasteiger partial charge in [-0.3, -0.25) is 0 Å². The van der Waals surface area contributed by atoms with E-state index in [1.165, 1.54) is 0 Å². The minimum Gasteiger partial charge on any atom is -0.427 e. The van der Waals surface area contributed by atoms with Crippen LogP contribution in [0, 0.1) is 0 Å². The van der Waals surface area contributed by atoms with Crippen molar-refractivity contribution >= 4 is 55.3 Å². The van der Waals surface area contributed by atoms with Gasteiger partial charge in [0.2, 0.25) is 0 Å². The summed E-state index contributed by atoms with van der Waals surface area (Å²) in [4.78, 5) is 0. The highest BCUT2D eigenvalue weighted by Crippen LogP contribution is 2.23. The zero-order valence-corrected chi connectivity index (χ0v) is 16.7. The lowest BCUT2D eigenvalue weighted by Gasteiger charge is -2.36. The molecule has 0 fully saturated rings. The lowest BCUT2D eigenvalue weighted by atomic mass is 11.9. The van der Waals surface area contributed by atoms with E-state index >= 15 is 0 Å². The van der Waals surface area contributed by atoms with Gasteiger partial charge in [0.05, 0.1) is 0 Å². The first-order valence-electron chi connectivity index (χ1n) is 5.24. The van der Waals surface area contributed by atoms with E-state index < -0.39 is 33.1 Å². The fraction of sp³-hybridized carbons (Fsp3) is 1.00. The standard InChI is InChI=1S/C7H22Cl2O3Si4/c1-13(8)10-15(4,5)12-16(6,7)11-14(2,3)9/h13H,1-7H3. The van der Waals surface area contributed by atoms with Crippen LogP contribution in [0.25, 0.3) is 0 Å². The third kappa shape index (κ3) is 9.37. The summed E-state index contributed by atoms with van der Waals surface area (Å²) in [5.41, 5.74) is 0. The summed E-state index contributed by atoms with van der Waals surface area (Å²) in [6, 6.07) is 0. The van der Waals surface area contributed by atoms with Gasteiger partial charge in [-0.1, -0.05) is 0 Å². The zero-order valence-electron chi connectivity index (χ0n) is 11.1. The Hall–Kier alpha value is 1.33. The quantitative estimate of drug-likeness (QED) is 0.549. The Balaban J connectivity index is 4.45. The Morgan fingerprint density at radius 1 is 0.875 bits per heavy atom. The molecular weight excluding hydrogens is 315 g/mol. The van der Waals surface area contributed by atoms with Crippen LogP contribution in [0.4, 0.5) is 0 Å². The first-order chi connectivity index (χ1) is 6.83. The van der Waals surface area contributed by atoms with Crippen LogP contribution >= 0.6 is 22.2 Å². The van der Waals surface area contributed by atoms with Crippen LogP contribution < -0.4 is 0 Å². The highest BCUT2D eigenvalue weighted by molar-refractivity contribution is 7.17. The third-order valence-electron chi connectivity index (χ3n) is 1.43. The average molecular weight is 338 g/mol. The van der Waals surface area contributed by atoms with Crippen LogP contribution in [0.15, 0.2) is 0 Å². The van der Waals surface area contributed by atoms with Crippen molar-refractivity contribution in [3.05, 3.63) is 0 Å². The van der Waals surface area contributed by atoms with Crippen LogP contribution in [0.5, 0.6) is 0 Å². The normalized spacial score (nSPS) is 16.3. The molecule has 0 aromatic rings. The van der Waals surface area contributed by atoms with Gasteiger partial charge in [-0.25, -0.2) is 0 Å². The lowest BCUT2D eigenvalue weighted by molar-refractivity contribution is 0.340. The van der Waals surface area contributed by atoms with Crippen LogP contribution in [-0.4, -0.2) is 33.1 Å². The van der Waals surface area contributed by atoms with Gasteiger partial charge in [-0.05, 0) is 45.8 Å². The molecule has 0 amide bonds. The maximum absolute atomic E-state index is 6.18. The second-order valence-corrected chi connectivity index (χ2v) is 21.6. The molecule has 98 valence electrons. The Morgan fingerprint density at radius 2 is 1.31 bits per heavy atom.